The number of carbonyl (C=O) groups excluding carboxylic acids is 1. The van der Waals surface area contributed by atoms with Crippen LogP contribution in [0.1, 0.15) is 17.4 Å². The molecule has 1 aromatic rings. The fraction of sp³-hybridized carbons (Fsp3) is 0.600. The van der Waals surface area contributed by atoms with E-state index in [9.17, 15) is 4.79 Å². The van der Waals surface area contributed by atoms with Gasteiger partial charge in [0.2, 0.25) is 0 Å². The van der Waals surface area contributed by atoms with Gasteiger partial charge in [0, 0.05) is 12.6 Å². The predicted molar refractivity (Wildman–Crippen MR) is 53.8 cm³/mol. The van der Waals surface area contributed by atoms with Crippen molar-refractivity contribution in [1.82, 2.24) is 10.1 Å². The van der Waals surface area contributed by atoms with Gasteiger partial charge in [-0.3, -0.25) is 4.79 Å². The summed E-state index contributed by atoms with van der Waals surface area (Å²) in [5, 5.41) is 12.6. The Morgan fingerprint density at radius 1 is 1.75 bits per heavy atom. The number of ether oxygens (including phenoxy) is 1. The Bertz CT molecular complexity index is 352. The van der Waals surface area contributed by atoms with Crippen LogP contribution in [0.3, 0.4) is 0 Å². The van der Waals surface area contributed by atoms with Crippen LogP contribution >= 0.6 is 0 Å². The smallest absolute Gasteiger partial charge is 0.276 e. The molecule has 16 heavy (non-hydrogen) atoms. The van der Waals surface area contributed by atoms with Gasteiger partial charge in [0.1, 0.15) is 6.26 Å². The third kappa shape index (κ3) is 2.07. The lowest BCUT2D eigenvalue weighted by Gasteiger charge is -2.36. The molecule has 1 aliphatic rings. The second kappa shape index (κ2) is 4.63. The molecule has 1 N–H and O–H groups in total. The number of aromatic nitrogens is 1. The monoisotopic (exact) mass is 226 g/mol. The van der Waals surface area contributed by atoms with Crippen LogP contribution in [0.5, 0.6) is 0 Å². The van der Waals surface area contributed by atoms with Crippen LogP contribution in [-0.4, -0.2) is 53.0 Å². The average Bonchev–Trinajstić information content (AvgIpc) is 2.82. The fourth-order valence-corrected chi connectivity index (χ4v) is 1.68. The van der Waals surface area contributed by atoms with E-state index in [-0.39, 0.29) is 30.4 Å². The molecule has 88 valence electrons. The molecule has 6 nitrogen and oxygen atoms in total. The third-order valence-corrected chi connectivity index (χ3v) is 2.63. The summed E-state index contributed by atoms with van der Waals surface area (Å²) in [6.07, 6.45) is 1.05. The van der Waals surface area contributed by atoms with Crippen molar-refractivity contribution in [2.75, 3.05) is 19.8 Å². The van der Waals surface area contributed by atoms with E-state index in [0.29, 0.717) is 13.2 Å². The van der Waals surface area contributed by atoms with E-state index >= 15 is 0 Å². The molecule has 0 aromatic carbocycles. The number of hydrogen-bond donors (Lipinski definition) is 1. The van der Waals surface area contributed by atoms with Gasteiger partial charge in [-0.15, -0.1) is 0 Å². The summed E-state index contributed by atoms with van der Waals surface area (Å²) < 4.78 is 9.99. The predicted octanol–water partition coefficient (Wildman–Crippen LogP) is -0.104. The Balaban J connectivity index is 2.09. The van der Waals surface area contributed by atoms with Gasteiger partial charge in [0.15, 0.2) is 5.69 Å². The van der Waals surface area contributed by atoms with Crippen molar-refractivity contribution >= 4 is 5.91 Å². The van der Waals surface area contributed by atoms with E-state index in [4.69, 9.17) is 9.84 Å². The molecular weight excluding hydrogens is 212 g/mol. The maximum atomic E-state index is 12.0. The zero-order valence-corrected chi connectivity index (χ0v) is 9.00. The van der Waals surface area contributed by atoms with Gasteiger partial charge in [-0.2, -0.15) is 0 Å². The van der Waals surface area contributed by atoms with Crippen LogP contribution in [0.25, 0.3) is 0 Å². The third-order valence-electron chi connectivity index (χ3n) is 2.63. The van der Waals surface area contributed by atoms with Crippen molar-refractivity contribution in [3.8, 4) is 0 Å². The highest BCUT2D eigenvalue weighted by atomic mass is 16.5. The van der Waals surface area contributed by atoms with Crippen molar-refractivity contribution in [1.29, 1.82) is 0 Å². The number of rotatable bonds is 2. The van der Waals surface area contributed by atoms with Crippen LogP contribution in [0, 0.1) is 0 Å². The Labute approximate surface area is 92.8 Å². The minimum absolute atomic E-state index is 0.0213. The summed E-state index contributed by atoms with van der Waals surface area (Å²) in [5.41, 5.74) is 0.283. The van der Waals surface area contributed by atoms with Gasteiger partial charge in [-0.05, 0) is 6.92 Å². The molecule has 1 aliphatic heterocycles. The normalized spacial score (nSPS) is 25.8. The molecule has 0 spiro atoms. The van der Waals surface area contributed by atoms with Gasteiger partial charge in [-0.1, -0.05) is 5.16 Å². The fourth-order valence-electron chi connectivity index (χ4n) is 1.68. The first kappa shape index (κ1) is 11.1. The summed E-state index contributed by atoms with van der Waals surface area (Å²) >= 11 is 0. The van der Waals surface area contributed by atoms with Crippen molar-refractivity contribution in [2.24, 2.45) is 0 Å². The lowest BCUT2D eigenvalue weighted by Crippen LogP contribution is -2.52. The van der Waals surface area contributed by atoms with Crippen molar-refractivity contribution in [3.05, 3.63) is 18.0 Å². The van der Waals surface area contributed by atoms with Gasteiger partial charge in [0.25, 0.3) is 5.91 Å². The number of morpholine rings is 1. The van der Waals surface area contributed by atoms with Crippen molar-refractivity contribution in [2.45, 2.75) is 19.1 Å². The van der Waals surface area contributed by atoms with E-state index in [1.54, 1.807) is 4.90 Å². The van der Waals surface area contributed by atoms with Gasteiger partial charge in [0.05, 0.1) is 25.4 Å². The Hall–Kier alpha value is -1.40. The summed E-state index contributed by atoms with van der Waals surface area (Å²) in [6, 6.07) is 1.50. The molecule has 2 unspecified atom stereocenters. The summed E-state index contributed by atoms with van der Waals surface area (Å²) in [5.74, 6) is -0.192. The molecule has 1 saturated heterocycles. The summed E-state index contributed by atoms with van der Waals surface area (Å²) in [4.78, 5) is 13.6. The lowest BCUT2D eigenvalue weighted by molar-refractivity contribution is -0.0669. The van der Waals surface area contributed by atoms with E-state index in [2.05, 4.69) is 9.68 Å². The summed E-state index contributed by atoms with van der Waals surface area (Å²) in [7, 11) is 0. The number of amides is 1. The second-order valence-corrected chi connectivity index (χ2v) is 3.83. The number of aliphatic hydroxyl groups excluding tert-OH is 1. The zero-order chi connectivity index (χ0) is 11.5. The molecule has 0 bridgehead atoms. The number of aliphatic hydroxyl groups is 1. The minimum Gasteiger partial charge on any atom is -0.394 e. The highest BCUT2D eigenvalue weighted by molar-refractivity contribution is 5.92. The quantitative estimate of drug-likeness (QED) is 0.761. The van der Waals surface area contributed by atoms with Crippen LogP contribution in [0.15, 0.2) is 16.9 Å². The molecule has 2 rings (SSSR count). The molecule has 2 heterocycles. The molecule has 0 aliphatic carbocycles. The van der Waals surface area contributed by atoms with Gasteiger partial charge < -0.3 is 19.3 Å². The van der Waals surface area contributed by atoms with Crippen LogP contribution < -0.4 is 0 Å². The van der Waals surface area contributed by atoms with Gasteiger partial charge in [-0.25, -0.2) is 0 Å². The van der Waals surface area contributed by atoms with Crippen molar-refractivity contribution in [3.63, 3.8) is 0 Å². The molecule has 0 saturated carbocycles. The molecular formula is C10H14N2O4. The molecule has 1 aromatic heterocycles. The Kier molecular flexibility index (Phi) is 3.21. The Morgan fingerprint density at radius 2 is 2.56 bits per heavy atom. The highest BCUT2D eigenvalue weighted by Crippen LogP contribution is 2.14. The largest absolute Gasteiger partial charge is 0.394 e. The highest BCUT2D eigenvalue weighted by Gasteiger charge is 2.30. The van der Waals surface area contributed by atoms with E-state index in [1.807, 2.05) is 6.92 Å². The van der Waals surface area contributed by atoms with Crippen LogP contribution in [-0.2, 0) is 4.74 Å². The molecule has 2 atom stereocenters. The first-order valence-electron chi connectivity index (χ1n) is 5.16. The molecule has 0 radical (unpaired) electrons. The number of carbonyl (C=O) groups is 1. The SMILES string of the molecule is CC1COC(CO)CN1C(=O)c1ccon1. The van der Waals surface area contributed by atoms with Crippen molar-refractivity contribution < 1.29 is 19.2 Å². The first-order chi connectivity index (χ1) is 7.72. The maximum Gasteiger partial charge on any atom is 0.276 e. The number of hydrogen-bond acceptors (Lipinski definition) is 5. The molecule has 1 amide bonds. The maximum absolute atomic E-state index is 12.0. The number of nitrogens with zero attached hydrogens (tertiary/aromatic N) is 2. The first-order valence-corrected chi connectivity index (χ1v) is 5.16. The van der Waals surface area contributed by atoms with E-state index in [1.165, 1.54) is 12.3 Å². The van der Waals surface area contributed by atoms with E-state index < -0.39 is 0 Å². The topological polar surface area (TPSA) is 75.8 Å². The Morgan fingerprint density at radius 3 is 3.19 bits per heavy atom. The van der Waals surface area contributed by atoms with E-state index in [0.717, 1.165) is 0 Å². The second-order valence-electron chi connectivity index (χ2n) is 3.83. The van der Waals surface area contributed by atoms with Crippen LogP contribution in [0.4, 0.5) is 0 Å². The summed E-state index contributed by atoms with van der Waals surface area (Å²) in [6.45, 7) is 2.61. The minimum atomic E-state index is -0.313. The van der Waals surface area contributed by atoms with Gasteiger partial charge >= 0.3 is 0 Å². The lowest BCUT2D eigenvalue weighted by atomic mass is 10.2. The zero-order valence-electron chi connectivity index (χ0n) is 9.00. The molecule has 1 fully saturated rings. The average molecular weight is 226 g/mol. The standard InChI is InChI=1S/C10H14N2O4/c1-7-6-15-8(5-13)4-12(7)10(14)9-2-3-16-11-9/h2-3,7-8,13H,4-6H2,1H3. The van der Waals surface area contributed by atoms with Crippen LogP contribution in [0.2, 0.25) is 0 Å². The molecule has 6 heteroatoms.